The van der Waals surface area contributed by atoms with Crippen molar-refractivity contribution in [1.29, 1.82) is 0 Å². The first-order valence-corrected chi connectivity index (χ1v) is 8.75. The first-order chi connectivity index (χ1) is 11.3. The molecule has 0 N–H and O–H groups in total. The molecular formula is C20H26N2O. The van der Waals surface area contributed by atoms with Crippen LogP contribution in [-0.2, 0) is 17.9 Å². The number of aromatic nitrogens is 1. The number of benzene rings is 1. The molecule has 0 aliphatic heterocycles. The standard InChI is InChI=1S/C20H26N2O/c1-2-3-11-20(23)22(18-12-13-18)16-19-10-7-14-21(19)15-17-8-5-4-6-9-17/h4-10,14,18H,2-3,11-13,15-16H2,1H3. The molecule has 1 amide bonds. The molecule has 0 saturated heterocycles. The van der Waals surface area contributed by atoms with E-state index in [2.05, 4.69) is 59.0 Å². The van der Waals surface area contributed by atoms with Gasteiger partial charge in [0.05, 0.1) is 6.54 Å². The minimum absolute atomic E-state index is 0.321. The summed E-state index contributed by atoms with van der Waals surface area (Å²) in [6, 6.07) is 15.2. The van der Waals surface area contributed by atoms with Gasteiger partial charge in [0.25, 0.3) is 0 Å². The topological polar surface area (TPSA) is 25.2 Å². The lowest BCUT2D eigenvalue weighted by atomic mass is 10.2. The largest absolute Gasteiger partial charge is 0.345 e. The first kappa shape index (κ1) is 15.9. The van der Waals surface area contributed by atoms with Crippen molar-refractivity contribution >= 4 is 5.91 Å². The van der Waals surface area contributed by atoms with Gasteiger partial charge in [0.15, 0.2) is 0 Å². The molecule has 23 heavy (non-hydrogen) atoms. The van der Waals surface area contributed by atoms with Crippen molar-refractivity contribution in [2.24, 2.45) is 0 Å². The van der Waals surface area contributed by atoms with Gasteiger partial charge < -0.3 is 9.47 Å². The highest BCUT2D eigenvalue weighted by atomic mass is 16.2. The summed E-state index contributed by atoms with van der Waals surface area (Å²) in [5, 5.41) is 0. The summed E-state index contributed by atoms with van der Waals surface area (Å²) in [7, 11) is 0. The normalized spacial score (nSPS) is 14.0. The molecule has 1 saturated carbocycles. The highest BCUT2D eigenvalue weighted by Gasteiger charge is 2.32. The van der Waals surface area contributed by atoms with Crippen molar-refractivity contribution in [2.45, 2.75) is 58.2 Å². The average Bonchev–Trinajstić information content (AvgIpc) is 3.32. The van der Waals surface area contributed by atoms with E-state index < -0.39 is 0 Å². The maximum Gasteiger partial charge on any atom is 0.223 e. The van der Waals surface area contributed by atoms with E-state index >= 15 is 0 Å². The van der Waals surface area contributed by atoms with Crippen LogP contribution in [0.15, 0.2) is 48.7 Å². The number of rotatable bonds is 8. The zero-order valence-corrected chi connectivity index (χ0v) is 13.9. The van der Waals surface area contributed by atoms with Crippen LogP contribution in [0.4, 0.5) is 0 Å². The van der Waals surface area contributed by atoms with Crippen molar-refractivity contribution < 1.29 is 4.79 Å². The smallest absolute Gasteiger partial charge is 0.223 e. The van der Waals surface area contributed by atoms with Crippen LogP contribution in [0.5, 0.6) is 0 Å². The van der Waals surface area contributed by atoms with Crippen LogP contribution in [-0.4, -0.2) is 21.4 Å². The Morgan fingerprint density at radius 1 is 1.17 bits per heavy atom. The fraction of sp³-hybridized carbons (Fsp3) is 0.450. The Balaban J connectivity index is 1.69. The van der Waals surface area contributed by atoms with Gasteiger partial charge in [-0.05, 0) is 37.0 Å². The Labute approximate surface area is 138 Å². The minimum atomic E-state index is 0.321. The Morgan fingerprint density at radius 3 is 2.65 bits per heavy atom. The second-order valence-electron chi connectivity index (χ2n) is 6.47. The Kier molecular flexibility index (Phi) is 5.16. The highest BCUT2D eigenvalue weighted by molar-refractivity contribution is 5.76. The molecule has 3 rings (SSSR count). The predicted molar refractivity (Wildman–Crippen MR) is 93.1 cm³/mol. The third kappa shape index (κ3) is 4.25. The fourth-order valence-electron chi connectivity index (χ4n) is 2.98. The molecule has 1 fully saturated rings. The molecule has 1 heterocycles. The van der Waals surface area contributed by atoms with Crippen LogP contribution in [0.3, 0.4) is 0 Å². The number of hydrogen-bond acceptors (Lipinski definition) is 1. The van der Waals surface area contributed by atoms with Crippen LogP contribution < -0.4 is 0 Å². The molecule has 0 atom stereocenters. The zero-order valence-electron chi connectivity index (χ0n) is 13.9. The molecule has 1 aromatic heterocycles. The zero-order chi connectivity index (χ0) is 16.1. The minimum Gasteiger partial charge on any atom is -0.345 e. The Hall–Kier alpha value is -2.03. The van der Waals surface area contributed by atoms with Crippen LogP contribution >= 0.6 is 0 Å². The van der Waals surface area contributed by atoms with Crippen LogP contribution in [0.25, 0.3) is 0 Å². The van der Waals surface area contributed by atoms with Crippen LogP contribution in [0.1, 0.15) is 50.3 Å². The summed E-state index contributed by atoms with van der Waals surface area (Å²) < 4.78 is 2.26. The molecule has 0 radical (unpaired) electrons. The summed E-state index contributed by atoms with van der Waals surface area (Å²) in [6.07, 6.45) is 7.20. The number of carbonyl (C=O) groups is 1. The van der Waals surface area contributed by atoms with E-state index in [-0.39, 0.29) is 0 Å². The lowest BCUT2D eigenvalue weighted by molar-refractivity contribution is -0.132. The summed E-state index contributed by atoms with van der Waals surface area (Å²) in [6.45, 7) is 3.75. The summed E-state index contributed by atoms with van der Waals surface area (Å²) in [4.78, 5) is 14.6. The predicted octanol–water partition coefficient (Wildman–Crippen LogP) is 4.22. The molecule has 1 aliphatic rings. The average molecular weight is 310 g/mol. The number of amides is 1. The monoisotopic (exact) mass is 310 g/mol. The fourth-order valence-corrected chi connectivity index (χ4v) is 2.98. The second kappa shape index (κ2) is 7.49. The van der Waals surface area contributed by atoms with E-state index in [1.165, 1.54) is 11.3 Å². The lowest BCUT2D eigenvalue weighted by Crippen LogP contribution is -2.33. The molecule has 0 unspecified atom stereocenters. The van der Waals surface area contributed by atoms with E-state index in [1.54, 1.807) is 0 Å². The second-order valence-corrected chi connectivity index (χ2v) is 6.47. The summed E-state index contributed by atoms with van der Waals surface area (Å²) in [5.41, 5.74) is 2.52. The van der Waals surface area contributed by atoms with Gasteiger partial charge in [0.2, 0.25) is 5.91 Å². The Morgan fingerprint density at radius 2 is 1.96 bits per heavy atom. The van der Waals surface area contributed by atoms with Gasteiger partial charge in [-0.25, -0.2) is 0 Å². The van der Waals surface area contributed by atoms with Gasteiger partial charge in [0.1, 0.15) is 0 Å². The third-order valence-electron chi connectivity index (χ3n) is 4.50. The van der Waals surface area contributed by atoms with Crippen LogP contribution in [0.2, 0.25) is 0 Å². The summed E-state index contributed by atoms with van der Waals surface area (Å²) in [5.74, 6) is 0.321. The van der Waals surface area contributed by atoms with E-state index in [9.17, 15) is 4.79 Å². The summed E-state index contributed by atoms with van der Waals surface area (Å²) >= 11 is 0. The molecule has 2 aromatic rings. The van der Waals surface area contributed by atoms with Gasteiger partial charge >= 0.3 is 0 Å². The van der Waals surface area contributed by atoms with Gasteiger partial charge in [-0.3, -0.25) is 4.79 Å². The molecule has 3 heteroatoms. The van der Waals surface area contributed by atoms with E-state index in [0.29, 0.717) is 18.4 Å². The van der Waals surface area contributed by atoms with Crippen molar-refractivity contribution in [3.05, 3.63) is 59.9 Å². The van der Waals surface area contributed by atoms with E-state index in [4.69, 9.17) is 0 Å². The SMILES string of the molecule is CCCCC(=O)N(Cc1cccn1Cc1ccccc1)C1CC1. The molecule has 3 nitrogen and oxygen atoms in total. The molecule has 122 valence electrons. The van der Waals surface area contributed by atoms with Crippen LogP contribution in [0, 0.1) is 0 Å². The number of carbonyl (C=O) groups excluding carboxylic acids is 1. The van der Waals surface area contributed by atoms with E-state index in [0.717, 1.165) is 38.8 Å². The molecule has 1 aliphatic carbocycles. The maximum atomic E-state index is 12.5. The number of unbranched alkanes of at least 4 members (excludes halogenated alkanes) is 1. The maximum absolute atomic E-state index is 12.5. The molecule has 1 aromatic carbocycles. The third-order valence-corrected chi connectivity index (χ3v) is 4.50. The molecule has 0 bridgehead atoms. The van der Waals surface area contributed by atoms with Crippen molar-refractivity contribution in [3.8, 4) is 0 Å². The van der Waals surface area contributed by atoms with Crippen molar-refractivity contribution in [2.75, 3.05) is 0 Å². The van der Waals surface area contributed by atoms with Gasteiger partial charge in [-0.15, -0.1) is 0 Å². The van der Waals surface area contributed by atoms with E-state index in [1.807, 2.05) is 6.07 Å². The first-order valence-electron chi connectivity index (χ1n) is 8.75. The van der Waals surface area contributed by atoms with Crippen molar-refractivity contribution in [3.63, 3.8) is 0 Å². The number of hydrogen-bond donors (Lipinski definition) is 0. The molecule has 0 spiro atoms. The lowest BCUT2D eigenvalue weighted by Gasteiger charge is -2.23. The Bertz CT molecular complexity index is 628. The highest BCUT2D eigenvalue weighted by Crippen LogP contribution is 2.29. The number of nitrogens with zero attached hydrogens (tertiary/aromatic N) is 2. The van der Waals surface area contributed by atoms with Gasteiger partial charge in [0, 0.05) is 30.9 Å². The molecular weight excluding hydrogens is 284 g/mol. The van der Waals surface area contributed by atoms with Crippen molar-refractivity contribution in [1.82, 2.24) is 9.47 Å². The van der Waals surface area contributed by atoms with Gasteiger partial charge in [-0.1, -0.05) is 43.7 Å². The quantitative estimate of drug-likeness (QED) is 0.716. The van der Waals surface area contributed by atoms with Gasteiger partial charge in [-0.2, -0.15) is 0 Å².